The summed E-state index contributed by atoms with van der Waals surface area (Å²) < 4.78 is 54.8. The first-order valence-electron chi connectivity index (χ1n) is 25.6. The molecule has 0 radical (unpaired) electrons. The van der Waals surface area contributed by atoms with Crippen LogP contribution in [0.3, 0.4) is 0 Å². The standard InChI is InChI=1S/C20H16N2O2S.C14H11BrN2O2S.C13H10N2.C6H7BO2.3C2H6.CH2O3.CH4O.2Na.H/c1-15-9-11-17(12-10-15)25(23,24)22-14-19(16-6-3-2-4-7-16)18-8-5-13-21-20(18)22;1-10-4-6-11(7-5-10)20(18,19)17-9-13(15)12-3-2-8-16-14(12)17;1-2-5-10(6-3-1)12-9-15-13-11(12)7-4-8-14-13;8-7(9)6-4-2-1-3-5-6;3*1-2;2-1-4-3;1-2;;;/h2-14H,1H3;2-9H,1H3;1-9H,(H,14,15);1-5,8-9H;3*1-2H3;1,3H;2H,1H3;;;/q;;;;;;;;;2*+1;-1/p-1. The van der Waals surface area contributed by atoms with E-state index in [-0.39, 0.29) is 76.8 Å². The third-order valence-corrected chi connectivity index (χ3v) is 14.9. The molecule has 6 heterocycles. The normalized spacial score (nSPS) is 9.86. The summed E-state index contributed by atoms with van der Waals surface area (Å²) in [6.45, 7) is 15.7. The number of carbonyl (C=O) groups is 1. The van der Waals surface area contributed by atoms with Gasteiger partial charge in [0.05, 0.1) is 9.79 Å². The largest absolute Gasteiger partial charge is 1.00 e. The Morgan fingerprint density at radius 2 is 0.916 bits per heavy atom. The predicted octanol–water partition coefficient (Wildman–Crippen LogP) is 5.43. The van der Waals surface area contributed by atoms with Crippen molar-refractivity contribution in [3.05, 3.63) is 229 Å². The van der Waals surface area contributed by atoms with E-state index in [1.54, 1.807) is 104 Å². The van der Waals surface area contributed by atoms with Crippen molar-refractivity contribution in [1.29, 1.82) is 0 Å². The molecular formula is C61H68BBrN6Na2O10S2. The van der Waals surface area contributed by atoms with Crippen LogP contribution in [0.15, 0.2) is 227 Å². The SMILES string of the molecule is CC.CC.CC.CO.Cc1ccc(S(=O)(=O)n2cc(-c3ccccc3)c3cccnc32)cc1.Cc1ccc(S(=O)(=O)n2cc(Br)c3cccnc32)cc1.O=CO[O-].OB(O)c1ccccc1.[H-].[Na+].[Na+].c1ccc(-c2c[nH]c3ncccc23)cc1. The number of aliphatic hydroxyl groups is 1. The Morgan fingerprint density at radius 3 is 1.34 bits per heavy atom. The van der Waals surface area contributed by atoms with Crippen LogP contribution in [-0.4, -0.2) is 80.6 Å². The molecule has 22 heteroatoms. The van der Waals surface area contributed by atoms with E-state index >= 15 is 0 Å². The predicted molar refractivity (Wildman–Crippen MR) is 328 cm³/mol. The van der Waals surface area contributed by atoms with E-state index in [1.165, 1.54) is 30.7 Å². The second-order valence-electron chi connectivity index (χ2n) is 15.8. The number of aryl methyl sites for hydroxylation is 2. The van der Waals surface area contributed by atoms with Gasteiger partial charge in [0.2, 0.25) is 0 Å². The number of H-pyrrole nitrogens is 1. The van der Waals surface area contributed by atoms with Crippen LogP contribution in [-0.2, 0) is 29.7 Å². The van der Waals surface area contributed by atoms with Gasteiger partial charge in [-0.25, -0.2) is 39.7 Å². The Balaban J connectivity index is 0.00000105. The summed E-state index contributed by atoms with van der Waals surface area (Å²) in [5.74, 6) is 0. The Labute approximate surface area is 541 Å². The summed E-state index contributed by atoms with van der Waals surface area (Å²) in [6.07, 6.45) is 10.2. The molecule has 11 rings (SSSR count). The molecule has 83 heavy (non-hydrogen) atoms. The minimum Gasteiger partial charge on any atom is -1.00 e. The van der Waals surface area contributed by atoms with Crippen molar-refractivity contribution in [2.45, 2.75) is 65.2 Å². The van der Waals surface area contributed by atoms with Crippen molar-refractivity contribution >= 4 is 88.1 Å². The number of rotatable bonds is 8. The molecule has 0 unspecified atom stereocenters. The number of carbonyl (C=O) groups excluding carboxylic acids is 1. The number of aliphatic hydroxyl groups excluding tert-OH is 1. The van der Waals surface area contributed by atoms with Gasteiger partial charge >= 0.3 is 66.2 Å². The van der Waals surface area contributed by atoms with E-state index in [9.17, 15) is 16.8 Å². The second kappa shape index (κ2) is 39.5. The van der Waals surface area contributed by atoms with Gasteiger partial charge in [0, 0.05) is 76.0 Å². The van der Waals surface area contributed by atoms with Crippen molar-refractivity contribution in [1.82, 2.24) is 27.9 Å². The van der Waals surface area contributed by atoms with Crippen LogP contribution in [0.1, 0.15) is 54.1 Å². The van der Waals surface area contributed by atoms with E-state index in [0.29, 0.717) is 21.2 Å². The molecule has 0 saturated carbocycles. The summed E-state index contributed by atoms with van der Waals surface area (Å²) in [7, 11) is -7.69. The molecule has 0 fully saturated rings. The molecule has 0 atom stereocenters. The number of hydrogen-bond donors (Lipinski definition) is 4. The van der Waals surface area contributed by atoms with Gasteiger partial charge in [0.15, 0.2) is 11.3 Å². The molecule has 0 bridgehead atoms. The maximum absolute atomic E-state index is 13.1. The van der Waals surface area contributed by atoms with Crippen molar-refractivity contribution in [2.24, 2.45) is 0 Å². The van der Waals surface area contributed by atoms with Gasteiger partial charge in [-0.3, -0.25) is 4.79 Å². The minimum atomic E-state index is -3.72. The number of aromatic amines is 1. The minimum absolute atomic E-state index is 0. The number of hydrogen-bond acceptors (Lipinski definition) is 13. The van der Waals surface area contributed by atoms with E-state index < -0.39 is 27.2 Å². The van der Waals surface area contributed by atoms with Crippen LogP contribution in [0.25, 0.3) is 55.4 Å². The van der Waals surface area contributed by atoms with Gasteiger partial charge < -0.3 is 31.7 Å². The summed E-state index contributed by atoms with van der Waals surface area (Å²) in [5, 5.41) is 35.3. The number of pyridine rings is 3. The van der Waals surface area contributed by atoms with Crippen molar-refractivity contribution in [2.75, 3.05) is 7.11 Å². The molecule has 6 aromatic heterocycles. The molecular weight excluding hydrogens is 1180 g/mol. The number of benzene rings is 5. The Morgan fingerprint density at radius 1 is 0.542 bits per heavy atom. The number of nitrogens with one attached hydrogen (secondary N) is 1. The van der Waals surface area contributed by atoms with Gasteiger partial charge in [-0.15, -0.1) is 0 Å². The van der Waals surface area contributed by atoms with Gasteiger partial charge in [0.25, 0.3) is 26.5 Å². The maximum Gasteiger partial charge on any atom is 1.00 e. The van der Waals surface area contributed by atoms with Gasteiger partial charge in [-0.2, -0.15) is 0 Å². The molecule has 4 N–H and O–H groups in total. The van der Waals surface area contributed by atoms with Gasteiger partial charge in [0.1, 0.15) is 5.65 Å². The molecule has 0 spiro atoms. The van der Waals surface area contributed by atoms with Gasteiger partial charge in [-0.1, -0.05) is 168 Å². The average molecular weight is 1250 g/mol. The quantitative estimate of drug-likeness (QED) is 0.0643. The Bertz CT molecular complexity index is 3820. The number of fused-ring (bicyclic) bond motifs is 3. The fourth-order valence-electron chi connectivity index (χ4n) is 7.32. The molecule has 0 aliphatic carbocycles. The maximum atomic E-state index is 13.1. The van der Waals surface area contributed by atoms with Gasteiger partial charge in [-0.05, 0) is 107 Å². The molecule has 0 aliphatic heterocycles. The van der Waals surface area contributed by atoms with Crippen LogP contribution >= 0.6 is 15.9 Å². The van der Waals surface area contributed by atoms with Crippen LogP contribution in [0.4, 0.5) is 0 Å². The van der Waals surface area contributed by atoms with Crippen molar-refractivity contribution in [3.8, 4) is 22.3 Å². The zero-order chi connectivity index (χ0) is 60.0. The average Bonchev–Trinajstić information content (AvgIpc) is 4.46. The van der Waals surface area contributed by atoms with Crippen molar-refractivity contribution < 1.29 is 107 Å². The zero-order valence-electron chi connectivity index (χ0n) is 49.5. The molecule has 11 aromatic rings. The molecule has 426 valence electrons. The van der Waals surface area contributed by atoms with E-state index in [4.69, 9.17) is 25.2 Å². The fraction of sp³-hybridized carbons (Fsp3) is 0.148. The first-order valence-corrected chi connectivity index (χ1v) is 29.2. The molecule has 5 aromatic carbocycles. The van der Waals surface area contributed by atoms with E-state index in [2.05, 4.69) is 59.0 Å². The molecule has 0 amide bonds. The molecule has 0 aliphatic rings. The molecule has 0 saturated heterocycles. The smallest absolute Gasteiger partial charge is 1.00 e. The fourth-order valence-corrected chi connectivity index (χ4v) is 10.6. The van der Waals surface area contributed by atoms with Crippen LogP contribution in [0.2, 0.25) is 0 Å². The Hall–Kier alpha value is -6.08. The first-order chi connectivity index (χ1) is 39.2. The number of halogens is 1. The summed E-state index contributed by atoms with van der Waals surface area (Å²) in [6, 6.07) is 53.7. The monoisotopic (exact) mass is 1240 g/mol. The number of nitrogens with zero attached hydrogens (tertiary/aromatic N) is 5. The van der Waals surface area contributed by atoms with Crippen LogP contribution in [0, 0.1) is 13.8 Å². The second-order valence-corrected chi connectivity index (χ2v) is 20.3. The zero-order valence-corrected chi connectivity index (χ0v) is 55.7. The Kier molecular flexibility index (Phi) is 35.6. The molecule has 16 nitrogen and oxygen atoms in total. The first kappa shape index (κ1) is 74.9. The van der Waals surface area contributed by atoms with Crippen LogP contribution < -0.4 is 69.8 Å². The summed E-state index contributed by atoms with van der Waals surface area (Å²) in [4.78, 5) is 27.7. The number of aromatic nitrogens is 6. The third-order valence-electron chi connectivity index (χ3n) is 10.9. The van der Waals surface area contributed by atoms with Crippen LogP contribution in [0.5, 0.6) is 0 Å². The van der Waals surface area contributed by atoms with E-state index in [1.807, 2.05) is 140 Å². The van der Waals surface area contributed by atoms with E-state index in [0.717, 1.165) is 45.8 Å². The third kappa shape index (κ3) is 20.9. The van der Waals surface area contributed by atoms with Crippen molar-refractivity contribution in [3.63, 3.8) is 0 Å². The topological polar surface area (TPSA) is 243 Å². The summed E-state index contributed by atoms with van der Waals surface area (Å²) in [5.41, 5.74) is 8.57. The summed E-state index contributed by atoms with van der Waals surface area (Å²) >= 11 is 3.37.